The standard InChI is InChI=1S/C18H11ClF2O3S/c19-14-3-1-2-4-17(14)25(23,24)18-8-5-11(9-15(18)21)13-10-12(20)6-7-16(13)22/h1-10,22H. The van der Waals surface area contributed by atoms with Crippen molar-refractivity contribution in [3.8, 4) is 16.9 Å². The van der Waals surface area contributed by atoms with Gasteiger partial charge in [0.2, 0.25) is 9.84 Å². The van der Waals surface area contributed by atoms with Gasteiger partial charge in [0.15, 0.2) is 0 Å². The van der Waals surface area contributed by atoms with Crippen LogP contribution >= 0.6 is 11.6 Å². The first-order valence-corrected chi connectivity index (χ1v) is 8.95. The summed E-state index contributed by atoms with van der Waals surface area (Å²) in [6.07, 6.45) is 0. The highest BCUT2D eigenvalue weighted by Gasteiger charge is 2.24. The second-order valence-corrected chi connectivity index (χ2v) is 7.53. The zero-order chi connectivity index (χ0) is 18.2. The van der Waals surface area contributed by atoms with Crippen LogP contribution in [0.3, 0.4) is 0 Å². The third-order valence-corrected chi connectivity index (χ3v) is 5.90. The van der Waals surface area contributed by atoms with Crippen LogP contribution in [0.1, 0.15) is 0 Å². The van der Waals surface area contributed by atoms with Gasteiger partial charge in [-0.2, -0.15) is 0 Å². The number of sulfone groups is 1. The Labute approximate surface area is 148 Å². The van der Waals surface area contributed by atoms with Gasteiger partial charge in [-0.3, -0.25) is 0 Å². The summed E-state index contributed by atoms with van der Waals surface area (Å²) in [5, 5.41) is 9.78. The zero-order valence-electron chi connectivity index (χ0n) is 12.6. The summed E-state index contributed by atoms with van der Waals surface area (Å²) in [5.74, 6) is -1.88. The summed E-state index contributed by atoms with van der Waals surface area (Å²) in [4.78, 5) is -0.767. The van der Waals surface area contributed by atoms with Crippen molar-refractivity contribution in [2.24, 2.45) is 0 Å². The minimum Gasteiger partial charge on any atom is -0.507 e. The number of aromatic hydroxyl groups is 1. The van der Waals surface area contributed by atoms with E-state index in [1.165, 1.54) is 24.3 Å². The molecule has 128 valence electrons. The molecule has 0 spiro atoms. The largest absolute Gasteiger partial charge is 0.507 e. The van der Waals surface area contributed by atoms with Gasteiger partial charge in [0.25, 0.3) is 0 Å². The molecular weight excluding hydrogens is 370 g/mol. The average molecular weight is 381 g/mol. The molecule has 0 fully saturated rings. The third-order valence-electron chi connectivity index (χ3n) is 3.62. The maximum absolute atomic E-state index is 14.5. The summed E-state index contributed by atoms with van der Waals surface area (Å²) in [6.45, 7) is 0. The first-order valence-electron chi connectivity index (χ1n) is 7.09. The van der Waals surface area contributed by atoms with Gasteiger partial charge in [-0.15, -0.1) is 0 Å². The van der Waals surface area contributed by atoms with Gasteiger partial charge in [-0.1, -0.05) is 29.8 Å². The summed E-state index contributed by atoms with van der Waals surface area (Å²) in [7, 11) is -4.16. The van der Waals surface area contributed by atoms with Gasteiger partial charge in [-0.25, -0.2) is 17.2 Å². The highest BCUT2D eigenvalue weighted by Crippen LogP contribution is 2.34. The molecule has 3 rings (SSSR count). The van der Waals surface area contributed by atoms with E-state index in [9.17, 15) is 22.3 Å². The van der Waals surface area contributed by atoms with E-state index in [0.717, 1.165) is 30.3 Å². The van der Waals surface area contributed by atoms with Crippen molar-refractivity contribution in [1.82, 2.24) is 0 Å². The van der Waals surface area contributed by atoms with Crippen molar-refractivity contribution >= 4 is 21.4 Å². The van der Waals surface area contributed by atoms with Crippen LogP contribution in [0.25, 0.3) is 11.1 Å². The van der Waals surface area contributed by atoms with Crippen molar-refractivity contribution in [3.05, 3.63) is 77.3 Å². The smallest absolute Gasteiger partial charge is 0.210 e. The Bertz CT molecular complexity index is 1070. The molecule has 0 aliphatic heterocycles. The Morgan fingerprint density at radius 3 is 2.28 bits per heavy atom. The minimum atomic E-state index is -4.16. The lowest BCUT2D eigenvalue weighted by atomic mass is 10.0. The van der Waals surface area contributed by atoms with Gasteiger partial charge in [-0.05, 0) is 48.0 Å². The van der Waals surface area contributed by atoms with Crippen LogP contribution in [0.4, 0.5) is 8.78 Å². The predicted molar refractivity (Wildman–Crippen MR) is 90.4 cm³/mol. The fourth-order valence-corrected chi connectivity index (χ4v) is 4.23. The number of phenolic OH excluding ortho intramolecular Hbond substituents is 1. The van der Waals surface area contributed by atoms with E-state index in [-0.39, 0.29) is 26.8 Å². The number of phenols is 1. The van der Waals surface area contributed by atoms with Crippen LogP contribution in [0.15, 0.2) is 70.5 Å². The first kappa shape index (κ1) is 17.4. The SMILES string of the molecule is O=S(=O)(c1ccc(-c2cc(F)ccc2O)cc1F)c1ccccc1Cl. The molecule has 3 nitrogen and oxygen atoms in total. The number of hydrogen-bond acceptors (Lipinski definition) is 3. The second-order valence-electron chi connectivity index (χ2n) is 5.24. The van der Waals surface area contributed by atoms with Crippen LogP contribution in [0, 0.1) is 11.6 Å². The lowest BCUT2D eigenvalue weighted by molar-refractivity contribution is 0.475. The van der Waals surface area contributed by atoms with Crippen LogP contribution in [-0.4, -0.2) is 13.5 Å². The molecular formula is C18H11ClF2O3S. The Kier molecular flexibility index (Phi) is 4.49. The quantitative estimate of drug-likeness (QED) is 0.708. The topological polar surface area (TPSA) is 54.4 Å². The zero-order valence-corrected chi connectivity index (χ0v) is 14.2. The van der Waals surface area contributed by atoms with Crippen molar-refractivity contribution in [2.75, 3.05) is 0 Å². The number of rotatable bonds is 3. The molecule has 0 heterocycles. The summed E-state index contributed by atoms with van der Waals surface area (Å²) >= 11 is 5.90. The molecule has 0 aliphatic rings. The summed E-state index contributed by atoms with van der Waals surface area (Å²) in [5.41, 5.74) is 0.202. The van der Waals surface area contributed by atoms with Gasteiger partial charge < -0.3 is 5.11 Å². The fraction of sp³-hybridized carbons (Fsp3) is 0. The number of benzene rings is 3. The average Bonchev–Trinajstić information content (AvgIpc) is 2.57. The lowest BCUT2D eigenvalue weighted by Crippen LogP contribution is -2.05. The van der Waals surface area contributed by atoms with Gasteiger partial charge in [0.05, 0.1) is 9.92 Å². The van der Waals surface area contributed by atoms with Crippen molar-refractivity contribution < 1.29 is 22.3 Å². The predicted octanol–water partition coefficient (Wildman–Crippen LogP) is 4.82. The molecule has 0 atom stereocenters. The molecule has 0 unspecified atom stereocenters. The van der Waals surface area contributed by atoms with Gasteiger partial charge >= 0.3 is 0 Å². The van der Waals surface area contributed by atoms with E-state index in [4.69, 9.17) is 11.6 Å². The van der Waals surface area contributed by atoms with Crippen molar-refractivity contribution in [2.45, 2.75) is 9.79 Å². The molecule has 0 radical (unpaired) electrons. The molecule has 0 saturated carbocycles. The molecule has 0 aliphatic carbocycles. The van der Waals surface area contributed by atoms with E-state index >= 15 is 0 Å². The highest BCUT2D eigenvalue weighted by molar-refractivity contribution is 7.91. The van der Waals surface area contributed by atoms with Crippen LogP contribution in [-0.2, 0) is 9.84 Å². The molecule has 3 aromatic carbocycles. The Balaban J connectivity index is 2.12. The molecule has 0 saturated heterocycles. The van der Waals surface area contributed by atoms with E-state index < -0.39 is 26.4 Å². The molecule has 3 aromatic rings. The number of halogens is 3. The Morgan fingerprint density at radius 2 is 1.60 bits per heavy atom. The summed E-state index contributed by atoms with van der Waals surface area (Å²) in [6, 6.07) is 12.2. The lowest BCUT2D eigenvalue weighted by Gasteiger charge is -2.10. The normalized spacial score (nSPS) is 11.5. The van der Waals surface area contributed by atoms with E-state index in [0.29, 0.717) is 0 Å². The summed E-state index contributed by atoms with van der Waals surface area (Å²) < 4.78 is 53.1. The highest BCUT2D eigenvalue weighted by atomic mass is 35.5. The van der Waals surface area contributed by atoms with Crippen LogP contribution in [0.5, 0.6) is 5.75 Å². The monoisotopic (exact) mass is 380 g/mol. The third kappa shape index (κ3) is 3.23. The maximum Gasteiger partial charge on any atom is 0.210 e. The first-order chi connectivity index (χ1) is 11.8. The number of hydrogen-bond donors (Lipinski definition) is 1. The van der Waals surface area contributed by atoms with Crippen molar-refractivity contribution in [1.29, 1.82) is 0 Å². The Hall–Kier alpha value is -2.44. The molecule has 0 bridgehead atoms. The van der Waals surface area contributed by atoms with E-state index in [2.05, 4.69) is 0 Å². The van der Waals surface area contributed by atoms with Crippen LogP contribution < -0.4 is 0 Å². The van der Waals surface area contributed by atoms with E-state index in [1.54, 1.807) is 6.07 Å². The molecule has 0 amide bonds. The van der Waals surface area contributed by atoms with Gasteiger partial charge in [0.1, 0.15) is 22.3 Å². The fourth-order valence-electron chi connectivity index (χ4n) is 2.41. The van der Waals surface area contributed by atoms with Crippen LogP contribution in [0.2, 0.25) is 5.02 Å². The molecule has 1 N–H and O–H groups in total. The Morgan fingerprint density at radius 1 is 0.880 bits per heavy atom. The van der Waals surface area contributed by atoms with Crippen molar-refractivity contribution in [3.63, 3.8) is 0 Å². The maximum atomic E-state index is 14.5. The molecule has 7 heteroatoms. The van der Waals surface area contributed by atoms with Gasteiger partial charge in [0, 0.05) is 5.56 Å². The second kappa shape index (κ2) is 6.46. The molecule has 25 heavy (non-hydrogen) atoms. The minimum absolute atomic E-state index is 0.0197. The molecule has 0 aromatic heterocycles. The van der Waals surface area contributed by atoms with E-state index in [1.807, 2.05) is 0 Å².